The van der Waals surface area contributed by atoms with Gasteiger partial charge in [0.1, 0.15) is 5.82 Å². The Kier molecular flexibility index (Phi) is 9.71. The summed E-state index contributed by atoms with van der Waals surface area (Å²) in [6.45, 7) is 8.83. The van der Waals surface area contributed by atoms with Crippen LogP contribution in [-0.4, -0.2) is 9.55 Å². The molecule has 58 heavy (non-hydrogen) atoms. The molecule has 1 aliphatic rings. The minimum atomic E-state index is -0.0179. The van der Waals surface area contributed by atoms with Crippen LogP contribution in [0.5, 0.6) is 11.5 Å². The van der Waals surface area contributed by atoms with Crippen LogP contribution >= 0.6 is 0 Å². The van der Waals surface area contributed by atoms with Crippen LogP contribution in [0.2, 0.25) is 0 Å². The van der Waals surface area contributed by atoms with Crippen molar-refractivity contribution >= 4 is 44.6 Å². The second-order valence-electron chi connectivity index (χ2n) is 15.4. The van der Waals surface area contributed by atoms with E-state index in [-0.39, 0.29) is 26.5 Å². The van der Waals surface area contributed by atoms with Crippen LogP contribution in [0.1, 0.15) is 26.3 Å². The smallest absolute Gasteiger partial charge is 0.135 e. The summed E-state index contributed by atoms with van der Waals surface area (Å²) < 4.78 is 8.78. The SMILES string of the molecule is CC(C)(C)c1ccnc(-n2c3[c-]c(Oc4[c-]c(N5[CH-]N(c6cc(-c7ccccc7)ccc6-c6ccccc6)c6ccccc65)ccc4)ccc3c3ccccc32)c1.[Pt]. The molecule has 5 nitrogen and oxygen atoms in total. The van der Waals surface area contributed by atoms with Crippen molar-refractivity contribution < 1.29 is 25.8 Å². The normalized spacial score (nSPS) is 12.5. The van der Waals surface area contributed by atoms with E-state index in [0.29, 0.717) is 11.5 Å². The van der Waals surface area contributed by atoms with E-state index in [2.05, 4.69) is 206 Å². The molecule has 0 atom stereocenters. The molecule has 2 aromatic heterocycles. The third-order valence-corrected chi connectivity index (χ3v) is 10.7. The first-order valence-corrected chi connectivity index (χ1v) is 19.3. The molecule has 0 aliphatic carbocycles. The molecule has 0 N–H and O–H groups in total. The molecule has 286 valence electrons. The van der Waals surface area contributed by atoms with Crippen LogP contribution in [0.4, 0.5) is 22.7 Å². The Bertz CT molecular complexity index is 2920. The van der Waals surface area contributed by atoms with Crippen molar-refractivity contribution in [3.05, 3.63) is 200 Å². The molecule has 1 aliphatic heterocycles. The molecular formula is C52H39N4OPt-3. The molecule has 0 fully saturated rings. The topological polar surface area (TPSA) is 33.5 Å². The summed E-state index contributed by atoms with van der Waals surface area (Å²) in [5.41, 5.74) is 11.9. The maximum Gasteiger partial charge on any atom is 0.135 e. The average molecular weight is 931 g/mol. The number of hydrogen-bond acceptors (Lipinski definition) is 4. The van der Waals surface area contributed by atoms with E-state index in [1.807, 2.05) is 24.4 Å². The van der Waals surface area contributed by atoms with Gasteiger partial charge in [-0.1, -0.05) is 129 Å². The van der Waals surface area contributed by atoms with Gasteiger partial charge in [0.25, 0.3) is 0 Å². The van der Waals surface area contributed by atoms with Crippen molar-refractivity contribution in [2.75, 3.05) is 9.80 Å². The van der Waals surface area contributed by atoms with E-state index in [4.69, 9.17) is 9.72 Å². The van der Waals surface area contributed by atoms with Crippen molar-refractivity contribution in [3.63, 3.8) is 0 Å². The summed E-state index contributed by atoms with van der Waals surface area (Å²) in [5.74, 6) is 2.05. The minimum Gasteiger partial charge on any atom is -0.509 e. The molecule has 6 heteroatoms. The fraction of sp³-hybridized carbons (Fsp3) is 0.0769. The molecule has 0 saturated heterocycles. The number of anilines is 4. The van der Waals surface area contributed by atoms with E-state index < -0.39 is 0 Å². The van der Waals surface area contributed by atoms with Crippen molar-refractivity contribution in [1.82, 2.24) is 9.55 Å². The predicted octanol–water partition coefficient (Wildman–Crippen LogP) is 13.6. The van der Waals surface area contributed by atoms with E-state index in [1.54, 1.807) is 0 Å². The number of rotatable bonds is 7. The summed E-state index contributed by atoms with van der Waals surface area (Å²) in [7, 11) is 0. The number of aromatic nitrogens is 2. The molecule has 0 spiro atoms. The molecule has 7 aromatic carbocycles. The summed E-state index contributed by atoms with van der Waals surface area (Å²) in [4.78, 5) is 9.31. The number of hydrogen-bond donors (Lipinski definition) is 0. The summed E-state index contributed by atoms with van der Waals surface area (Å²) >= 11 is 0. The first kappa shape index (κ1) is 37.2. The fourth-order valence-corrected chi connectivity index (χ4v) is 7.83. The van der Waals surface area contributed by atoms with Crippen molar-refractivity contribution in [3.8, 4) is 39.6 Å². The maximum atomic E-state index is 6.59. The number of pyridine rings is 1. The van der Waals surface area contributed by atoms with Gasteiger partial charge in [-0.25, -0.2) is 4.98 Å². The zero-order valence-electron chi connectivity index (χ0n) is 32.3. The second kappa shape index (κ2) is 15.2. The molecule has 9 aromatic rings. The van der Waals surface area contributed by atoms with Gasteiger partial charge in [-0.3, -0.25) is 0 Å². The van der Waals surface area contributed by atoms with Crippen LogP contribution < -0.4 is 14.5 Å². The van der Waals surface area contributed by atoms with Crippen LogP contribution in [0, 0.1) is 18.8 Å². The molecule has 0 radical (unpaired) electrons. The average Bonchev–Trinajstić information content (AvgIpc) is 3.80. The molecule has 0 saturated carbocycles. The van der Waals surface area contributed by atoms with E-state index >= 15 is 0 Å². The molecule has 10 rings (SSSR count). The quantitative estimate of drug-likeness (QED) is 0.149. The number of fused-ring (bicyclic) bond motifs is 4. The Balaban J connectivity index is 0.00000436. The Morgan fingerprint density at radius 3 is 2.02 bits per heavy atom. The van der Waals surface area contributed by atoms with Gasteiger partial charge in [0.2, 0.25) is 0 Å². The zero-order valence-corrected chi connectivity index (χ0v) is 34.6. The van der Waals surface area contributed by atoms with Crippen molar-refractivity contribution in [2.24, 2.45) is 0 Å². The van der Waals surface area contributed by atoms with Crippen LogP contribution in [0.15, 0.2) is 176 Å². The molecular weight excluding hydrogens is 892 g/mol. The number of benzene rings is 7. The van der Waals surface area contributed by atoms with E-state index in [0.717, 1.165) is 67.1 Å². The van der Waals surface area contributed by atoms with Gasteiger partial charge in [0.05, 0.1) is 0 Å². The van der Waals surface area contributed by atoms with Crippen LogP contribution in [0.3, 0.4) is 0 Å². The monoisotopic (exact) mass is 930 g/mol. The van der Waals surface area contributed by atoms with Gasteiger partial charge in [0.15, 0.2) is 0 Å². The largest absolute Gasteiger partial charge is 0.509 e. The van der Waals surface area contributed by atoms with Crippen molar-refractivity contribution in [1.29, 1.82) is 0 Å². The number of nitrogens with zero attached hydrogens (tertiary/aromatic N) is 4. The number of para-hydroxylation sites is 3. The Hall–Kier alpha value is -6.42. The fourth-order valence-electron chi connectivity index (χ4n) is 7.83. The molecule has 0 amide bonds. The number of ether oxygens (including phenoxy) is 1. The first-order valence-electron chi connectivity index (χ1n) is 19.3. The second-order valence-corrected chi connectivity index (χ2v) is 15.4. The Morgan fingerprint density at radius 2 is 1.24 bits per heavy atom. The minimum absolute atomic E-state index is 0. The standard InChI is InChI=1S/C52H39N4O.Pt/c1-52(2,3)39-29-30-53-51(32-39)56-46-22-11-10-21-44(46)45-28-26-42(34-50(45)56)57-41-20-14-19-40(33-41)54-35-55(48-24-13-12-23-47(48)54)49-31-38(36-15-6-4-7-16-36)25-27-43(49)37-17-8-5-9-18-37;/h4-32,35H,1-3H3;/q-3;. The van der Waals surface area contributed by atoms with Crippen LogP contribution in [-0.2, 0) is 26.5 Å². The molecule has 0 bridgehead atoms. The summed E-state index contributed by atoms with van der Waals surface area (Å²) in [5, 5.41) is 2.23. The van der Waals surface area contributed by atoms with Gasteiger partial charge in [-0.15, -0.1) is 48.1 Å². The maximum absolute atomic E-state index is 6.59. The van der Waals surface area contributed by atoms with Gasteiger partial charge >= 0.3 is 0 Å². The Morgan fingerprint density at radius 1 is 0.552 bits per heavy atom. The van der Waals surface area contributed by atoms with E-state index in [9.17, 15) is 0 Å². The predicted molar refractivity (Wildman–Crippen MR) is 234 cm³/mol. The third kappa shape index (κ3) is 6.76. The summed E-state index contributed by atoms with van der Waals surface area (Å²) in [6, 6.07) is 66.4. The third-order valence-electron chi connectivity index (χ3n) is 10.7. The Labute approximate surface area is 354 Å². The van der Waals surface area contributed by atoms with Gasteiger partial charge in [-0.2, -0.15) is 12.1 Å². The first-order chi connectivity index (χ1) is 27.9. The molecule has 3 heterocycles. The molecule has 0 unspecified atom stereocenters. The summed E-state index contributed by atoms with van der Waals surface area (Å²) in [6.07, 6.45) is 1.90. The van der Waals surface area contributed by atoms with Crippen molar-refractivity contribution in [2.45, 2.75) is 26.2 Å². The van der Waals surface area contributed by atoms with Gasteiger partial charge in [0, 0.05) is 66.9 Å². The van der Waals surface area contributed by atoms with Crippen LogP contribution in [0.25, 0.3) is 49.9 Å². The zero-order chi connectivity index (χ0) is 38.5. The van der Waals surface area contributed by atoms with Gasteiger partial charge in [-0.05, 0) is 69.5 Å². The van der Waals surface area contributed by atoms with E-state index in [1.165, 1.54) is 11.1 Å². The van der Waals surface area contributed by atoms with Gasteiger partial charge < -0.3 is 19.1 Å².